The van der Waals surface area contributed by atoms with E-state index in [1.54, 1.807) is 10.4 Å². The van der Waals surface area contributed by atoms with Crippen molar-refractivity contribution in [3.05, 3.63) is 48.5 Å². The van der Waals surface area contributed by atoms with Crippen molar-refractivity contribution in [2.75, 3.05) is 11.9 Å². The molecule has 1 aliphatic heterocycles. The molecule has 0 saturated carbocycles. The lowest BCUT2D eigenvalue weighted by Gasteiger charge is -2.42. The van der Waals surface area contributed by atoms with Crippen LogP contribution in [0.15, 0.2) is 48.5 Å². The lowest BCUT2D eigenvalue weighted by molar-refractivity contribution is 1.19. The Labute approximate surface area is 116 Å². The molecule has 0 radical (unpaired) electrons. The van der Waals surface area contributed by atoms with Gasteiger partial charge in [-0.05, 0) is 22.5 Å². The van der Waals surface area contributed by atoms with Crippen LogP contribution in [0.3, 0.4) is 0 Å². The fourth-order valence-corrected chi connectivity index (χ4v) is 8.26. The predicted octanol–water partition coefficient (Wildman–Crippen LogP) is 3.37. The Morgan fingerprint density at radius 2 is 1.21 bits per heavy atom. The van der Waals surface area contributed by atoms with Gasteiger partial charge in [0.2, 0.25) is 0 Å². The highest BCUT2D eigenvalue weighted by molar-refractivity contribution is 7.04. The maximum Gasteiger partial charge on any atom is 0.123 e. The van der Waals surface area contributed by atoms with Gasteiger partial charge in [-0.2, -0.15) is 0 Å². The van der Waals surface area contributed by atoms with Crippen molar-refractivity contribution in [1.82, 2.24) is 0 Å². The molecule has 3 rings (SSSR count). The summed E-state index contributed by atoms with van der Waals surface area (Å²) in [6, 6.07) is 20.6. The Morgan fingerprint density at radius 1 is 0.789 bits per heavy atom. The summed E-state index contributed by atoms with van der Waals surface area (Å²) in [6.07, 6.45) is 0. The zero-order chi connectivity index (χ0) is 13.5. The molecule has 0 saturated heterocycles. The Kier molecular flexibility index (Phi) is 2.98. The standard InChI is InChI=1S/C17H21NSi/c1-4-19(5-2)16-12-8-6-10-14(16)18(3)15-11-7-9-13-17(15)19/h6-13H,4-5H2,1-3H3. The van der Waals surface area contributed by atoms with Crippen LogP contribution >= 0.6 is 0 Å². The second-order valence-corrected chi connectivity index (χ2v) is 10.0. The average molecular weight is 267 g/mol. The quantitative estimate of drug-likeness (QED) is 0.754. The molecule has 0 unspecified atom stereocenters. The molecule has 0 aromatic heterocycles. The molecule has 0 atom stereocenters. The third-order valence-corrected chi connectivity index (χ3v) is 10.1. The smallest absolute Gasteiger partial charge is 0.123 e. The third kappa shape index (κ3) is 1.59. The van der Waals surface area contributed by atoms with Gasteiger partial charge in [-0.15, -0.1) is 0 Å². The summed E-state index contributed by atoms with van der Waals surface area (Å²) >= 11 is 0. The van der Waals surface area contributed by atoms with Gasteiger partial charge in [-0.1, -0.05) is 62.3 Å². The van der Waals surface area contributed by atoms with Crippen molar-refractivity contribution in [2.24, 2.45) is 0 Å². The highest BCUT2D eigenvalue weighted by Crippen LogP contribution is 2.33. The summed E-state index contributed by atoms with van der Waals surface area (Å²) in [7, 11) is 0.640. The van der Waals surface area contributed by atoms with Gasteiger partial charge in [0.15, 0.2) is 0 Å². The molecular formula is C17H21NSi. The van der Waals surface area contributed by atoms with Gasteiger partial charge in [-0.3, -0.25) is 0 Å². The van der Waals surface area contributed by atoms with Crippen LogP contribution in [0.1, 0.15) is 13.8 Å². The van der Waals surface area contributed by atoms with Crippen LogP contribution in [-0.4, -0.2) is 15.1 Å². The molecule has 2 heteroatoms. The first-order valence-electron chi connectivity index (χ1n) is 7.17. The first-order chi connectivity index (χ1) is 9.24. The van der Waals surface area contributed by atoms with Crippen molar-refractivity contribution < 1.29 is 0 Å². The average Bonchev–Trinajstić information content (AvgIpc) is 2.49. The maximum absolute atomic E-state index is 2.37. The largest absolute Gasteiger partial charge is 0.345 e. The summed E-state index contributed by atoms with van der Waals surface area (Å²) in [6.45, 7) is 4.74. The molecule has 1 aliphatic rings. The molecule has 0 fully saturated rings. The minimum Gasteiger partial charge on any atom is -0.345 e. The van der Waals surface area contributed by atoms with Crippen molar-refractivity contribution in [3.8, 4) is 0 Å². The molecule has 0 aliphatic carbocycles. The van der Waals surface area contributed by atoms with Crippen LogP contribution < -0.4 is 15.3 Å². The van der Waals surface area contributed by atoms with Crippen LogP contribution in [0.25, 0.3) is 0 Å². The molecule has 0 amide bonds. The van der Waals surface area contributed by atoms with Gasteiger partial charge >= 0.3 is 0 Å². The summed E-state index contributed by atoms with van der Waals surface area (Å²) in [4.78, 5) is 2.36. The second kappa shape index (κ2) is 4.53. The van der Waals surface area contributed by atoms with Crippen LogP contribution in [0, 0.1) is 0 Å². The Hall–Kier alpha value is -1.54. The topological polar surface area (TPSA) is 3.24 Å². The van der Waals surface area contributed by atoms with Gasteiger partial charge in [0, 0.05) is 18.4 Å². The number of fused-ring (bicyclic) bond motifs is 2. The van der Waals surface area contributed by atoms with E-state index in [0.717, 1.165) is 0 Å². The highest BCUT2D eigenvalue weighted by atomic mass is 28.3. The van der Waals surface area contributed by atoms with E-state index >= 15 is 0 Å². The number of anilines is 2. The molecule has 98 valence electrons. The van der Waals surface area contributed by atoms with Crippen LogP contribution in [0.2, 0.25) is 12.1 Å². The van der Waals surface area contributed by atoms with E-state index < -0.39 is 8.07 Å². The molecule has 0 bridgehead atoms. The molecule has 2 aromatic carbocycles. The van der Waals surface area contributed by atoms with E-state index in [0.29, 0.717) is 0 Å². The Balaban J connectivity index is 2.35. The van der Waals surface area contributed by atoms with Crippen molar-refractivity contribution >= 4 is 29.8 Å². The monoisotopic (exact) mass is 267 g/mol. The summed E-state index contributed by atoms with van der Waals surface area (Å²) in [5.41, 5.74) is 2.83. The molecule has 1 heterocycles. The zero-order valence-electron chi connectivity index (χ0n) is 12.0. The minimum atomic E-state index is -1.56. The van der Waals surface area contributed by atoms with Gasteiger partial charge in [0.05, 0.1) is 0 Å². The van der Waals surface area contributed by atoms with E-state index in [2.05, 4.69) is 74.3 Å². The molecule has 2 aromatic rings. The summed E-state index contributed by atoms with van der Waals surface area (Å²) in [5.74, 6) is 0. The molecule has 19 heavy (non-hydrogen) atoms. The summed E-state index contributed by atoms with van der Waals surface area (Å²) < 4.78 is 0. The van der Waals surface area contributed by atoms with Gasteiger partial charge in [0.25, 0.3) is 0 Å². The lowest BCUT2D eigenvalue weighted by atomic mass is 10.2. The number of benzene rings is 2. The van der Waals surface area contributed by atoms with Gasteiger partial charge < -0.3 is 4.90 Å². The van der Waals surface area contributed by atoms with E-state index in [4.69, 9.17) is 0 Å². The van der Waals surface area contributed by atoms with Gasteiger partial charge in [-0.25, -0.2) is 0 Å². The zero-order valence-corrected chi connectivity index (χ0v) is 13.0. The fourth-order valence-electron chi connectivity index (χ4n) is 3.63. The lowest BCUT2D eigenvalue weighted by Crippen LogP contribution is -2.62. The van der Waals surface area contributed by atoms with Crippen molar-refractivity contribution in [1.29, 1.82) is 0 Å². The minimum absolute atomic E-state index is 1.28. The van der Waals surface area contributed by atoms with Crippen LogP contribution in [-0.2, 0) is 0 Å². The van der Waals surface area contributed by atoms with E-state index in [-0.39, 0.29) is 0 Å². The fraction of sp³-hybridized carbons (Fsp3) is 0.294. The normalized spacial score (nSPS) is 15.8. The highest BCUT2D eigenvalue weighted by Gasteiger charge is 2.41. The first kappa shape index (κ1) is 12.5. The predicted molar refractivity (Wildman–Crippen MR) is 86.9 cm³/mol. The number of para-hydroxylation sites is 2. The van der Waals surface area contributed by atoms with Crippen LogP contribution in [0.4, 0.5) is 11.4 Å². The maximum atomic E-state index is 2.37. The number of nitrogens with zero attached hydrogens (tertiary/aromatic N) is 1. The number of rotatable bonds is 2. The van der Waals surface area contributed by atoms with E-state index in [1.165, 1.54) is 23.5 Å². The van der Waals surface area contributed by atoms with Gasteiger partial charge in [0.1, 0.15) is 8.07 Å². The summed E-state index contributed by atoms with van der Waals surface area (Å²) in [5, 5.41) is 3.22. The number of hydrogen-bond acceptors (Lipinski definition) is 1. The van der Waals surface area contributed by atoms with Crippen LogP contribution in [0.5, 0.6) is 0 Å². The molecular weight excluding hydrogens is 246 g/mol. The van der Waals surface area contributed by atoms with E-state index in [1.807, 2.05) is 0 Å². The SMILES string of the molecule is CC[Si]1(CC)c2ccccc2N(C)c2ccccc21. The van der Waals surface area contributed by atoms with Crippen molar-refractivity contribution in [3.63, 3.8) is 0 Å². The number of hydrogen-bond donors (Lipinski definition) is 0. The molecule has 1 nitrogen and oxygen atoms in total. The Bertz CT molecular complexity index is 552. The Morgan fingerprint density at radius 3 is 1.63 bits per heavy atom. The second-order valence-electron chi connectivity index (χ2n) is 5.38. The molecule has 0 N–H and O–H groups in total. The molecule has 0 spiro atoms. The van der Waals surface area contributed by atoms with E-state index in [9.17, 15) is 0 Å². The third-order valence-electron chi connectivity index (χ3n) is 4.77. The first-order valence-corrected chi connectivity index (χ1v) is 9.58. The van der Waals surface area contributed by atoms with Crippen molar-refractivity contribution in [2.45, 2.75) is 25.9 Å².